The fraction of sp³-hybridized carbons (Fsp3) is 0.409. The summed E-state index contributed by atoms with van der Waals surface area (Å²) in [5.41, 5.74) is -0.460. The van der Waals surface area contributed by atoms with E-state index in [0.717, 1.165) is 34.4 Å². The molecule has 1 fully saturated rings. The van der Waals surface area contributed by atoms with Crippen LogP contribution in [-0.2, 0) is 14.3 Å². The van der Waals surface area contributed by atoms with Crippen LogP contribution in [0.15, 0.2) is 30.3 Å². The van der Waals surface area contributed by atoms with Gasteiger partial charge in [-0.2, -0.15) is 26.3 Å². The van der Waals surface area contributed by atoms with Crippen molar-refractivity contribution in [3.05, 3.63) is 45.4 Å². The van der Waals surface area contributed by atoms with Crippen LogP contribution in [0.3, 0.4) is 0 Å². The first kappa shape index (κ1) is 30.6. The number of hydrogen-bond donors (Lipinski definition) is 2. The monoisotopic (exact) mass is 604 g/mol. The third-order valence-electron chi connectivity index (χ3n) is 5.25. The van der Waals surface area contributed by atoms with Crippen LogP contribution < -0.4 is 15.5 Å². The lowest BCUT2D eigenvalue weighted by molar-refractivity contribution is -0.186. The number of hydrogen-bond acceptors (Lipinski definition) is 6. The highest BCUT2D eigenvalue weighted by atomic mass is 35.5. The zero-order valence-corrected chi connectivity index (χ0v) is 21.2. The van der Waals surface area contributed by atoms with Gasteiger partial charge in [0.05, 0.1) is 34.6 Å². The maximum atomic E-state index is 14.7. The van der Waals surface area contributed by atoms with Gasteiger partial charge in [-0.15, -0.1) is 11.3 Å². The summed E-state index contributed by atoms with van der Waals surface area (Å²) in [5, 5.41) is 4.24. The molecule has 0 spiro atoms. The summed E-state index contributed by atoms with van der Waals surface area (Å²) in [5.74, 6) is -3.77. The normalized spacial score (nSPS) is 15.4. The largest absolute Gasteiger partial charge is 0.401 e. The molecule has 1 saturated heterocycles. The number of alkyl halides is 6. The molecular formula is C22H20ClF7N4O4S. The van der Waals surface area contributed by atoms with E-state index in [1.807, 2.05) is 0 Å². The van der Waals surface area contributed by atoms with Crippen LogP contribution in [0.4, 0.5) is 42.1 Å². The lowest BCUT2D eigenvalue weighted by Gasteiger charge is -2.32. The number of nitrogens with zero attached hydrogens (tertiary/aromatic N) is 2. The number of nitrogens with one attached hydrogen (secondary N) is 2. The maximum absolute atomic E-state index is 14.7. The Labute approximate surface area is 225 Å². The molecule has 17 heteroatoms. The van der Waals surface area contributed by atoms with Crippen LogP contribution in [0.2, 0.25) is 4.34 Å². The molecule has 2 N–H and O–H groups in total. The zero-order chi connectivity index (χ0) is 29.0. The first-order valence-corrected chi connectivity index (χ1v) is 12.2. The van der Waals surface area contributed by atoms with E-state index >= 15 is 0 Å². The van der Waals surface area contributed by atoms with Gasteiger partial charge < -0.3 is 20.3 Å². The molecule has 0 bridgehead atoms. The molecular weight excluding hydrogens is 585 g/mol. The molecule has 0 radical (unpaired) electrons. The Balaban J connectivity index is 1.84. The van der Waals surface area contributed by atoms with Gasteiger partial charge in [-0.3, -0.25) is 19.3 Å². The van der Waals surface area contributed by atoms with E-state index in [-0.39, 0.29) is 45.2 Å². The van der Waals surface area contributed by atoms with Gasteiger partial charge in [0.15, 0.2) is 0 Å². The number of ether oxygens (including phenoxy) is 1. The summed E-state index contributed by atoms with van der Waals surface area (Å²) in [4.78, 5) is 38.2. The molecule has 8 nitrogen and oxygen atoms in total. The predicted molar refractivity (Wildman–Crippen MR) is 127 cm³/mol. The Bertz CT molecular complexity index is 1190. The summed E-state index contributed by atoms with van der Waals surface area (Å²) in [6.07, 6.45) is -10.3. The smallest absolute Gasteiger partial charge is 0.370 e. The molecule has 1 aliphatic rings. The van der Waals surface area contributed by atoms with Gasteiger partial charge in [0.25, 0.3) is 11.8 Å². The molecule has 2 heterocycles. The molecule has 1 aromatic carbocycles. The second-order valence-corrected chi connectivity index (χ2v) is 9.93. The van der Waals surface area contributed by atoms with Crippen LogP contribution in [0.25, 0.3) is 0 Å². The lowest BCUT2D eigenvalue weighted by Crippen LogP contribution is -2.55. The summed E-state index contributed by atoms with van der Waals surface area (Å²) >= 11 is 6.55. The number of thiophene rings is 1. The number of benzene rings is 1. The number of amides is 3. The summed E-state index contributed by atoms with van der Waals surface area (Å²) in [6.45, 7) is -5.30. The first-order valence-electron chi connectivity index (χ1n) is 11.0. The van der Waals surface area contributed by atoms with Crippen molar-refractivity contribution in [3.63, 3.8) is 0 Å². The minimum absolute atomic E-state index is 0.00710. The number of anilines is 2. The topological polar surface area (TPSA) is 91.0 Å². The molecule has 39 heavy (non-hydrogen) atoms. The third kappa shape index (κ3) is 9.05. The van der Waals surface area contributed by atoms with Gasteiger partial charge >= 0.3 is 12.4 Å². The average molecular weight is 605 g/mol. The van der Waals surface area contributed by atoms with Crippen molar-refractivity contribution in [1.29, 1.82) is 0 Å². The molecule has 0 unspecified atom stereocenters. The van der Waals surface area contributed by atoms with Gasteiger partial charge in [0, 0.05) is 18.8 Å². The fourth-order valence-corrected chi connectivity index (χ4v) is 4.60. The molecule has 0 saturated carbocycles. The molecule has 214 valence electrons. The molecule has 2 aromatic rings. The molecule has 1 aromatic heterocycles. The van der Waals surface area contributed by atoms with Crippen LogP contribution in [-0.4, -0.2) is 80.4 Å². The van der Waals surface area contributed by atoms with Gasteiger partial charge in [-0.1, -0.05) is 11.6 Å². The Kier molecular flexibility index (Phi) is 9.79. The van der Waals surface area contributed by atoms with Crippen molar-refractivity contribution in [2.45, 2.75) is 18.4 Å². The van der Waals surface area contributed by atoms with Crippen LogP contribution in [0.1, 0.15) is 9.67 Å². The minimum Gasteiger partial charge on any atom is -0.370 e. The van der Waals surface area contributed by atoms with E-state index in [1.165, 1.54) is 12.1 Å². The summed E-state index contributed by atoms with van der Waals surface area (Å²) in [7, 11) is 0. The summed E-state index contributed by atoms with van der Waals surface area (Å²) < 4.78 is 98.9. The maximum Gasteiger partial charge on any atom is 0.401 e. The number of morpholine rings is 1. The van der Waals surface area contributed by atoms with E-state index in [0.29, 0.717) is 0 Å². The van der Waals surface area contributed by atoms with Crippen molar-refractivity contribution in [3.8, 4) is 0 Å². The van der Waals surface area contributed by atoms with Crippen molar-refractivity contribution in [1.82, 2.24) is 10.2 Å². The van der Waals surface area contributed by atoms with E-state index < -0.39 is 61.6 Å². The Morgan fingerprint density at radius 3 is 2.31 bits per heavy atom. The van der Waals surface area contributed by atoms with Gasteiger partial charge in [-0.05, 0) is 30.3 Å². The number of carbonyl (C=O) groups is 3. The van der Waals surface area contributed by atoms with Gasteiger partial charge in [0.1, 0.15) is 18.5 Å². The first-order chi connectivity index (χ1) is 18.1. The Hall–Kier alpha value is -2.95. The van der Waals surface area contributed by atoms with Crippen molar-refractivity contribution < 1.29 is 49.9 Å². The summed E-state index contributed by atoms with van der Waals surface area (Å²) in [6, 6.07) is 3.47. The van der Waals surface area contributed by atoms with E-state index in [1.54, 1.807) is 0 Å². The highest BCUT2D eigenvalue weighted by molar-refractivity contribution is 7.18. The standard InChI is InChI=1S/C22H20ClF7N4O4S/c23-17-4-3-16(39-17)20(37)31-8-15(33(10-21(25,26)27)11-22(28,29)30)19(36)32-12-1-2-14(13(24)7-12)34-5-6-38-9-18(34)35/h1-4,7,15H,5-6,8-11H2,(H,31,37)(H,32,36)/t15-/m1/s1. The highest BCUT2D eigenvalue weighted by Gasteiger charge is 2.42. The van der Waals surface area contributed by atoms with E-state index in [4.69, 9.17) is 16.3 Å². The Morgan fingerprint density at radius 2 is 1.77 bits per heavy atom. The highest BCUT2D eigenvalue weighted by Crippen LogP contribution is 2.27. The number of rotatable bonds is 9. The second-order valence-electron chi connectivity index (χ2n) is 8.22. The van der Waals surface area contributed by atoms with Crippen molar-refractivity contribution >= 4 is 52.0 Å². The van der Waals surface area contributed by atoms with Crippen molar-refractivity contribution in [2.24, 2.45) is 0 Å². The predicted octanol–water partition coefficient (Wildman–Crippen LogP) is 4.07. The Morgan fingerprint density at radius 1 is 1.10 bits per heavy atom. The van der Waals surface area contributed by atoms with Crippen LogP contribution >= 0.6 is 22.9 Å². The minimum atomic E-state index is -5.13. The molecule has 1 aliphatic heterocycles. The number of halogens is 8. The van der Waals surface area contributed by atoms with E-state index in [9.17, 15) is 45.1 Å². The average Bonchev–Trinajstić information content (AvgIpc) is 3.24. The molecule has 1 atom stereocenters. The molecule has 0 aliphatic carbocycles. The fourth-order valence-electron chi connectivity index (χ4n) is 3.64. The van der Waals surface area contributed by atoms with E-state index in [2.05, 4.69) is 10.6 Å². The number of carbonyl (C=O) groups excluding carboxylic acids is 3. The van der Waals surface area contributed by atoms with Crippen LogP contribution in [0, 0.1) is 5.82 Å². The molecule has 3 rings (SSSR count). The quantitative estimate of drug-likeness (QED) is 0.422. The zero-order valence-electron chi connectivity index (χ0n) is 19.7. The third-order valence-corrected chi connectivity index (χ3v) is 6.48. The lowest BCUT2D eigenvalue weighted by atomic mass is 10.1. The van der Waals surface area contributed by atoms with Gasteiger partial charge in [-0.25, -0.2) is 4.39 Å². The second kappa shape index (κ2) is 12.5. The van der Waals surface area contributed by atoms with Gasteiger partial charge in [0.2, 0.25) is 5.91 Å². The van der Waals surface area contributed by atoms with Crippen molar-refractivity contribution in [2.75, 3.05) is 49.6 Å². The van der Waals surface area contributed by atoms with Crippen LogP contribution in [0.5, 0.6) is 0 Å². The molecule has 3 amide bonds. The SMILES string of the molecule is O=C(NC[C@H](C(=O)Nc1ccc(N2CCOCC2=O)c(F)c1)N(CC(F)(F)F)CC(F)(F)F)c1ccc(Cl)s1.